The molecule has 2 aromatic rings. The number of alkyl halides is 1. The van der Waals surface area contributed by atoms with Gasteiger partial charge in [0.1, 0.15) is 6.17 Å². The van der Waals surface area contributed by atoms with Crippen LogP contribution < -0.4 is 10.6 Å². The number of allylic oxidation sites excluding steroid dienone is 2. The van der Waals surface area contributed by atoms with Crippen LogP contribution in [0.3, 0.4) is 0 Å². The number of hydrogen-bond acceptors (Lipinski definition) is 6. The molecule has 30 heavy (non-hydrogen) atoms. The van der Waals surface area contributed by atoms with Gasteiger partial charge >= 0.3 is 23.8 Å². The minimum absolute atomic E-state index is 0.130. The van der Waals surface area contributed by atoms with Crippen LogP contribution in [-0.4, -0.2) is 40.4 Å². The lowest BCUT2D eigenvalue weighted by Gasteiger charge is -2.04. The lowest BCUT2D eigenvalue weighted by atomic mass is 10.1. The molecule has 8 nitrogen and oxygen atoms in total. The van der Waals surface area contributed by atoms with Crippen molar-refractivity contribution in [1.82, 2.24) is 10.2 Å². The van der Waals surface area contributed by atoms with Crippen molar-refractivity contribution in [2.45, 2.75) is 39.3 Å². The smallest absolute Gasteiger partial charge is 0.315 e. The highest BCUT2D eigenvalue weighted by Crippen LogP contribution is 2.13. The summed E-state index contributed by atoms with van der Waals surface area (Å²) >= 11 is 0. The predicted octanol–water partition coefficient (Wildman–Crippen LogP) is 4.49. The number of aryl methyl sites for hydroxylation is 1. The molecule has 0 radical (unpaired) electrons. The molecule has 0 fully saturated rings. The fourth-order valence-corrected chi connectivity index (χ4v) is 1.80. The van der Waals surface area contributed by atoms with Gasteiger partial charge in [-0.15, -0.1) is 18.3 Å². The number of nitrogens with one attached hydrogen (secondary N) is 2. The van der Waals surface area contributed by atoms with Gasteiger partial charge < -0.3 is 20.2 Å². The molecule has 0 aliphatic heterocycles. The summed E-state index contributed by atoms with van der Waals surface area (Å²) in [7, 11) is 1.61. The zero-order chi connectivity index (χ0) is 22.9. The molecule has 1 atom stereocenters. The van der Waals surface area contributed by atoms with Gasteiger partial charge in [-0.25, -0.2) is 4.39 Å². The summed E-state index contributed by atoms with van der Waals surface area (Å²) in [6.45, 7) is 9.87. The number of aromatic nitrogens is 2. The van der Waals surface area contributed by atoms with E-state index in [4.69, 9.17) is 9.52 Å². The van der Waals surface area contributed by atoms with Gasteiger partial charge in [-0.1, -0.05) is 29.4 Å². The van der Waals surface area contributed by atoms with Gasteiger partial charge in [0.2, 0.25) is 0 Å². The van der Waals surface area contributed by atoms with Gasteiger partial charge in [0.05, 0.1) is 0 Å². The second kappa shape index (κ2) is 15.4. The van der Waals surface area contributed by atoms with E-state index < -0.39 is 18.0 Å². The van der Waals surface area contributed by atoms with E-state index in [9.17, 15) is 14.0 Å². The van der Waals surface area contributed by atoms with Crippen LogP contribution in [0.5, 0.6) is 0 Å². The maximum atomic E-state index is 11.9. The zero-order valence-corrected chi connectivity index (χ0v) is 17.5. The second-order valence-corrected chi connectivity index (χ2v) is 5.88. The van der Waals surface area contributed by atoms with E-state index in [1.165, 1.54) is 13.0 Å². The predicted molar refractivity (Wildman–Crippen MR) is 115 cm³/mol. The van der Waals surface area contributed by atoms with Crippen molar-refractivity contribution in [3.8, 4) is 0 Å². The van der Waals surface area contributed by atoms with Crippen LogP contribution in [0.25, 0.3) is 0 Å². The van der Waals surface area contributed by atoms with E-state index in [1.807, 2.05) is 19.1 Å². The molecule has 1 aromatic carbocycles. The summed E-state index contributed by atoms with van der Waals surface area (Å²) in [5.41, 5.74) is 1.60. The van der Waals surface area contributed by atoms with Crippen LogP contribution in [0.15, 0.2) is 54.0 Å². The number of halogens is 1. The number of nitrogens with zero attached hydrogens (tertiary/aromatic N) is 2. The van der Waals surface area contributed by atoms with Crippen molar-refractivity contribution >= 4 is 23.6 Å². The number of amides is 1. The first-order chi connectivity index (χ1) is 14.3. The molecule has 164 valence electrons. The first-order valence-electron chi connectivity index (χ1n) is 9.24. The van der Waals surface area contributed by atoms with E-state index in [1.54, 1.807) is 25.3 Å². The number of carboxylic acid groups (broad SMARTS) is 1. The Labute approximate surface area is 175 Å². The topological polar surface area (TPSA) is 117 Å². The highest BCUT2D eigenvalue weighted by atomic mass is 19.1. The minimum atomic E-state index is -0.852. The molecular formula is C21H29FN4O4. The van der Waals surface area contributed by atoms with Gasteiger partial charge in [0.25, 0.3) is 0 Å². The Hall–Kier alpha value is -3.49. The Morgan fingerprint density at radius 2 is 1.83 bits per heavy atom. The summed E-state index contributed by atoms with van der Waals surface area (Å²) in [4.78, 5) is 22.3. The average molecular weight is 420 g/mol. The van der Waals surface area contributed by atoms with Gasteiger partial charge in [0, 0.05) is 19.2 Å². The molecule has 0 bridgehead atoms. The normalized spacial score (nSPS) is 10.3. The third-order valence-corrected chi connectivity index (χ3v) is 3.23. The van der Waals surface area contributed by atoms with Crippen LogP contribution in [0, 0.1) is 0 Å². The van der Waals surface area contributed by atoms with Gasteiger partial charge in [-0.2, -0.15) is 0 Å². The molecule has 0 saturated heterocycles. The maximum absolute atomic E-state index is 11.9. The number of carbonyl (C=O) groups excluding carboxylic acids is 1. The third kappa shape index (κ3) is 12.1. The fourth-order valence-electron chi connectivity index (χ4n) is 1.80. The van der Waals surface area contributed by atoms with E-state index in [2.05, 4.69) is 34.0 Å². The van der Waals surface area contributed by atoms with Crippen LogP contribution in [0.1, 0.15) is 42.9 Å². The number of aliphatic carboxylic acids is 1. The Morgan fingerprint density at radius 3 is 2.27 bits per heavy atom. The molecule has 0 saturated carbocycles. The summed E-state index contributed by atoms with van der Waals surface area (Å²) in [6.07, 6.45) is 3.55. The van der Waals surface area contributed by atoms with Crippen LogP contribution in [0.2, 0.25) is 0 Å². The number of rotatable bonds is 8. The average Bonchev–Trinajstić information content (AvgIpc) is 3.19. The molecule has 0 spiro atoms. The SMILES string of the molecule is C=CC.C=CC(C)F.CNc1nnc(C(=O)Nc2ccc(CCCC(=O)O)cc2)o1. The first kappa shape index (κ1) is 26.5. The molecule has 3 N–H and O–H groups in total. The molecule has 0 aliphatic carbocycles. The third-order valence-electron chi connectivity index (χ3n) is 3.23. The van der Waals surface area contributed by atoms with Crippen LogP contribution in [-0.2, 0) is 11.2 Å². The van der Waals surface area contributed by atoms with Gasteiger partial charge in [-0.3, -0.25) is 9.59 Å². The molecule has 1 unspecified atom stereocenters. The van der Waals surface area contributed by atoms with Crippen molar-refractivity contribution in [2.24, 2.45) is 0 Å². The highest BCUT2D eigenvalue weighted by Gasteiger charge is 2.14. The van der Waals surface area contributed by atoms with Gasteiger partial charge in [0.15, 0.2) is 0 Å². The van der Waals surface area contributed by atoms with E-state index in [0.717, 1.165) is 5.56 Å². The van der Waals surface area contributed by atoms with Crippen molar-refractivity contribution in [3.05, 3.63) is 61.0 Å². The summed E-state index contributed by atoms with van der Waals surface area (Å²) in [6, 6.07) is 7.32. The second-order valence-electron chi connectivity index (χ2n) is 5.88. The minimum Gasteiger partial charge on any atom is -0.481 e. The zero-order valence-electron chi connectivity index (χ0n) is 17.5. The Bertz CT molecular complexity index is 789. The molecule has 2 rings (SSSR count). The molecule has 1 aromatic heterocycles. The molecular weight excluding hydrogens is 391 g/mol. The quantitative estimate of drug-likeness (QED) is 0.538. The first-order valence-corrected chi connectivity index (χ1v) is 9.24. The van der Waals surface area contributed by atoms with Crippen molar-refractivity contribution in [1.29, 1.82) is 0 Å². The van der Waals surface area contributed by atoms with Crippen molar-refractivity contribution < 1.29 is 23.5 Å². The largest absolute Gasteiger partial charge is 0.481 e. The number of hydrogen-bond donors (Lipinski definition) is 3. The Morgan fingerprint density at radius 1 is 1.27 bits per heavy atom. The fraction of sp³-hybridized carbons (Fsp3) is 0.333. The van der Waals surface area contributed by atoms with Crippen LogP contribution in [0.4, 0.5) is 16.1 Å². The summed E-state index contributed by atoms with van der Waals surface area (Å²) < 4.78 is 16.4. The standard InChI is InChI=1S/C14H16N4O4.C4H7F.C3H6/c1-15-14-18-17-13(22-14)12(21)16-10-7-5-9(6-8-10)3-2-4-11(19)20;1-3-4(2)5;1-3-2/h5-8H,2-4H2,1H3,(H,15,18)(H,16,21)(H,19,20);3-4H,1H2,2H3;3H,1H2,2H3. The van der Waals surface area contributed by atoms with Gasteiger partial charge in [-0.05, 0) is 44.4 Å². The van der Waals surface area contributed by atoms with E-state index >= 15 is 0 Å². The highest BCUT2D eigenvalue weighted by molar-refractivity contribution is 6.00. The monoisotopic (exact) mass is 420 g/mol. The summed E-state index contributed by atoms with van der Waals surface area (Å²) in [5, 5.41) is 21.1. The lowest BCUT2D eigenvalue weighted by molar-refractivity contribution is -0.137. The molecule has 1 heterocycles. The van der Waals surface area contributed by atoms with E-state index in [0.29, 0.717) is 18.5 Å². The molecule has 9 heteroatoms. The van der Waals surface area contributed by atoms with Crippen molar-refractivity contribution in [2.75, 3.05) is 17.7 Å². The van der Waals surface area contributed by atoms with Crippen molar-refractivity contribution in [3.63, 3.8) is 0 Å². The molecule has 0 aliphatic rings. The summed E-state index contributed by atoms with van der Waals surface area (Å²) in [5.74, 6) is -1.42. The number of anilines is 2. The number of carbonyl (C=O) groups is 2. The molecule has 1 amide bonds. The number of carboxylic acids is 1. The number of benzene rings is 1. The Balaban J connectivity index is 0.000000902. The van der Waals surface area contributed by atoms with Crippen LogP contribution >= 0.6 is 0 Å². The Kier molecular flexibility index (Phi) is 13.6. The lowest BCUT2D eigenvalue weighted by Crippen LogP contribution is -2.12. The van der Waals surface area contributed by atoms with E-state index in [-0.39, 0.29) is 18.3 Å². The maximum Gasteiger partial charge on any atom is 0.315 e.